The Morgan fingerprint density at radius 1 is 1.38 bits per heavy atom. The zero-order valence-electron chi connectivity index (χ0n) is 12.4. The van der Waals surface area contributed by atoms with Crippen LogP contribution in [0.3, 0.4) is 0 Å². The molecule has 1 aliphatic heterocycles. The molecule has 2 heterocycles. The first-order chi connectivity index (χ1) is 10.2. The smallest absolute Gasteiger partial charge is 0.286 e. The van der Waals surface area contributed by atoms with Gasteiger partial charge in [-0.05, 0) is 44.5 Å². The molecule has 1 saturated heterocycles. The molecule has 21 heavy (non-hydrogen) atoms. The van der Waals surface area contributed by atoms with E-state index in [1.165, 1.54) is 6.26 Å². The second-order valence-corrected chi connectivity index (χ2v) is 5.37. The highest BCUT2D eigenvalue weighted by Crippen LogP contribution is 2.16. The fourth-order valence-corrected chi connectivity index (χ4v) is 2.61. The standard InChI is InChI=1S/C15H23N3O3/c1-16-11-12-5-8-18(9-6-12)14(19)4-7-17-15(20)13-3-2-10-21-13/h2-3,10,12,16H,4-9,11H2,1H3,(H,17,20). The normalized spacial score (nSPS) is 16.0. The summed E-state index contributed by atoms with van der Waals surface area (Å²) in [4.78, 5) is 25.6. The van der Waals surface area contributed by atoms with Crippen LogP contribution in [0, 0.1) is 5.92 Å². The van der Waals surface area contributed by atoms with E-state index in [1.807, 2.05) is 11.9 Å². The van der Waals surface area contributed by atoms with Crippen LogP contribution >= 0.6 is 0 Å². The van der Waals surface area contributed by atoms with Gasteiger partial charge in [0.25, 0.3) is 5.91 Å². The van der Waals surface area contributed by atoms with E-state index in [-0.39, 0.29) is 17.6 Å². The quantitative estimate of drug-likeness (QED) is 0.815. The molecule has 0 radical (unpaired) electrons. The van der Waals surface area contributed by atoms with E-state index in [2.05, 4.69) is 10.6 Å². The molecule has 0 bridgehead atoms. The number of hydrogen-bond donors (Lipinski definition) is 2. The largest absolute Gasteiger partial charge is 0.459 e. The number of hydrogen-bond acceptors (Lipinski definition) is 4. The van der Waals surface area contributed by atoms with Gasteiger partial charge in [-0.15, -0.1) is 0 Å². The summed E-state index contributed by atoms with van der Waals surface area (Å²) in [6, 6.07) is 3.26. The zero-order chi connectivity index (χ0) is 15.1. The van der Waals surface area contributed by atoms with Crippen molar-refractivity contribution < 1.29 is 14.0 Å². The Kier molecular flexibility index (Phi) is 5.80. The molecule has 2 amide bonds. The molecule has 0 aromatic carbocycles. The number of carbonyl (C=O) groups excluding carboxylic acids is 2. The number of nitrogens with one attached hydrogen (secondary N) is 2. The molecule has 0 aliphatic carbocycles. The number of amides is 2. The molecular weight excluding hydrogens is 270 g/mol. The average molecular weight is 293 g/mol. The summed E-state index contributed by atoms with van der Waals surface area (Å²) in [5, 5.41) is 5.88. The highest BCUT2D eigenvalue weighted by Gasteiger charge is 2.22. The van der Waals surface area contributed by atoms with Gasteiger partial charge in [-0.3, -0.25) is 9.59 Å². The van der Waals surface area contributed by atoms with Crippen molar-refractivity contribution >= 4 is 11.8 Å². The summed E-state index contributed by atoms with van der Waals surface area (Å²) in [6.07, 6.45) is 3.88. The molecule has 0 unspecified atom stereocenters. The predicted octanol–water partition coefficient (Wildman–Crippen LogP) is 0.857. The van der Waals surface area contributed by atoms with E-state index in [4.69, 9.17) is 4.42 Å². The average Bonchev–Trinajstić information content (AvgIpc) is 3.02. The predicted molar refractivity (Wildman–Crippen MR) is 78.9 cm³/mol. The van der Waals surface area contributed by atoms with E-state index >= 15 is 0 Å². The lowest BCUT2D eigenvalue weighted by Crippen LogP contribution is -2.41. The van der Waals surface area contributed by atoms with Crippen molar-refractivity contribution in [2.45, 2.75) is 19.3 Å². The topological polar surface area (TPSA) is 74.6 Å². The third-order valence-corrected chi connectivity index (χ3v) is 3.83. The number of nitrogens with zero attached hydrogens (tertiary/aromatic N) is 1. The summed E-state index contributed by atoms with van der Waals surface area (Å²) >= 11 is 0. The van der Waals surface area contributed by atoms with Crippen LogP contribution in [0.15, 0.2) is 22.8 Å². The van der Waals surface area contributed by atoms with Crippen molar-refractivity contribution in [3.8, 4) is 0 Å². The summed E-state index contributed by atoms with van der Waals surface area (Å²) in [5.74, 6) is 0.770. The second-order valence-electron chi connectivity index (χ2n) is 5.37. The minimum Gasteiger partial charge on any atom is -0.459 e. The molecule has 0 spiro atoms. The van der Waals surface area contributed by atoms with Gasteiger partial charge in [-0.1, -0.05) is 0 Å². The highest BCUT2D eigenvalue weighted by atomic mass is 16.3. The first-order valence-corrected chi connectivity index (χ1v) is 7.44. The van der Waals surface area contributed by atoms with Crippen LogP contribution < -0.4 is 10.6 Å². The summed E-state index contributed by atoms with van der Waals surface area (Å²) in [7, 11) is 1.96. The Morgan fingerprint density at radius 2 is 2.14 bits per heavy atom. The first kappa shape index (κ1) is 15.6. The van der Waals surface area contributed by atoms with Crippen molar-refractivity contribution in [2.75, 3.05) is 33.2 Å². The Bertz CT molecular complexity index is 451. The van der Waals surface area contributed by atoms with Crippen LogP contribution in [0.5, 0.6) is 0 Å². The van der Waals surface area contributed by atoms with E-state index in [0.29, 0.717) is 18.9 Å². The molecule has 0 atom stereocenters. The van der Waals surface area contributed by atoms with Crippen molar-refractivity contribution in [3.05, 3.63) is 24.2 Å². The first-order valence-electron chi connectivity index (χ1n) is 7.44. The minimum atomic E-state index is -0.277. The van der Waals surface area contributed by atoms with Gasteiger partial charge < -0.3 is 20.0 Å². The number of piperidine rings is 1. The van der Waals surface area contributed by atoms with Crippen LogP contribution in [-0.4, -0.2) is 49.9 Å². The molecule has 1 aliphatic rings. The maximum atomic E-state index is 12.1. The van der Waals surface area contributed by atoms with Crippen LogP contribution in [-0.2, 0) is 4.79 Å². The summed E-state index contributed by atoms with van der Waals surface area (Å²) in [5.41, 5.74) is 0. The molecule has 2 N–H and O–H groups in total. The molecule has 6 nitrogen and oxygen atoms in total. The van der Waals surface area contributed by atoms with Gasteiger partial charge in [0.15, 0.2) is 5.76 Å². The molecule has 2 rings (SSSR count). The van der Waals surface area contributed by atoms with Crippen LogP contribution in [0.2, 0.25) is 0 Å². The van der Waals surface area contributed by atoms with Crippen molar-refractivity contribution in [1.29, 1.82) is 0 Å². The number of carbonyl (C=O) groups is 2. The fourth-order valence-electron chi connectivity index (χ4n) is 2.61. The lowest BCUT2D eigenvalue weighted by Gasteiger charge is -2.32. The Balaban J connectivity index is 1.65. The van der Waals surface area contributed by atoms with Crippen LogP contribution in [0.1, 0.15) is 29.8 Å². The Hall–Kier alpha value is -1.82. The molecule has 0 saturated carbocycles. The number of rotatable bonds is 6. The van der Waals surface area contributed by atoms with E-state index in [1.54, 1.807) is 12.1 Å². The maximum absolute atomic E-state index is 12.1. The van der Waals surface area contributed by atoms with Gasteiger partial charge in [0, 0.05) is 26.1 Å². The van der Waals surface area contributed by atoms with Crippen LogP contribution in [0.4, 0.5) is 0 Å². The SMILES string of the molecule is CNCC1CCN(C(=O)CCNC(=O)c2ccco2)CC1. The molecule has 1 aromatic rings. The third kappa shape index (κ3) is 4.60. The van der Waals surface area contributed by atoms with Gasteiger partial charge in [0.1, 0.15) is 0 Å². The highest BCUT2D eigenvalue weighted by molar-refractivity contribution is 5.91. The van der Waals surface area contributed by atoms with Crippen molar-refractivity contribution in [2.24, 2.45) is 5.92 Å². The molecular formula is C15H23N3O3. The fraction of sp³-hybridized carbons (Fsp3) is 0.600. The number of furan rings is 1. The lowest BCUT2D eigenvalue weighted by molar-refractivity contribution is -0.132. The summed E-state index contributed by atoms with van der Waals surface area (Å²) in [6.45, 7) is 2.99. The van der Waals surface area contributed by atoms with E-state index < -0.39 is 0 Å². The maximum Gasteiger partial charge on any atom is 0.286 e. The molecule has 1 fully saturated rings. The monoisotopic (exact) mass is 293 g/mol. The van der Waals surface area contributed by atoms with Crippen LogP contribution in [0.25, 0.3) is 0 Å². The molecule has 1 aromatic heterocycles. The minimum absolute atomic E-state index is 0.109. The van der Waals surface area contributed by atoms with Gasteiger partial charge in [0.05, 0.1) is 6.26 Å². The summed E-state index contributed by atoms with van der Waals surface area (Å²) < 4.78 is 4.99. The van der Waals surface area contributed by atoms with E-state index in [9.17, 15) is 9.59 Å². The van der Waals surface area contributed by atoms with Gasteiger partial charge in [-0.2, -0.15) is 0 Å². The second kappa shape index (κ2) is 7.83. The van der Waals surface area contributed by atoms with Crippen molar-refractivity contribution in [3.63, 3.8) is 0 Å². The lowest BCUT2D eigenvalue weighted by atomic mass is 9.96. The van der Waals surface area contributed by atoms with Crippen molar-refractivity contribution in [1.82, 2.24) is 15.5 Å². The number of likely N-dealkylation sites (tertiary alicyclic amines) is 1. The Morgan fingerprint density at radius 3 is 2.76 bits per heavy atom. The van der Waals surface area contributed by atoms with Gasteiger partial charge >= 0.3 is 0 Å². The third-order valence-electron chi connectivity index (χ3n) is 3.83. The Labute approximate surface area is 124 Å². The molecule has 116 valence electrons. The molecule has 6 heteroatoms. The van der Waals surface area contributed by atoms with Gasteiger partial charge in [0.2, 0.25) is 5.91 Å². The van der Waals surface area contributed by atoms with Gasteiger partial charge in [-0.25, -0.2) is 0 Å². The van der Waals surface area contributed by atoms with E-state index in [0.717, 1.165) is 32.5 Å². The zero-order valence-corrected chi connectivity index (χ0v) is 12.4.